The van der Waals surface area contributed by atoms with E-state index in [0.717, 1.165) is 69.3 Å². The van der Waals surface area contributed by atoms with Crippen LogP contribution in [0.1, 0.15) is 44.2 Å². The maximum Gasteiger partial charge on any atom is 0.345 e. The Morgan fingerprint density at radius 1 is 1.34 bits per heavy atom. The monoisotopic (exact) mass is 404 g/mol. The van der Waals surface area contributed by atoms with E-state index in [1.54, 1.807) is 10.9 Å². The fourth-order valence-electron chi connectivity index (χ4n) is 3.30. The molecule has 9 heteroatoms. The number of nitrogens with zero attached hydrogens (tertiary/aromatic N) is 4. The Morgan fingerprint density at radius 3 is 3.07 bits per heavy atom. The van der Waals surface area contributed by atoms with Gasteiger partial charge in [0.1, 0.15) is 18.2 Å². The molecule has 160 valence electrons. The van der Waals surface area contributed by atoms with Gasteiger partial charge < -0.3 is 19.8 Å². The van der Waals surface area contributed by atoms with Crippen molar-refractivity contribution in [3.05, 3.63) is 40.5 Å². The van der Waals surface area contributed by atoms with Gasteiger partial charge in [-0.15, -0.1) is 0 Å². The van der Waals surface area contributed by atoms with Crippen LogP contribution in [0.3, 0.4) is 0 Å². The third-order valence-corrected chi connectivity index (χ3v) is 4.76. The summed E-state index contributed by atoms with van der Waals surface area (Å²) in [7, 11) is 0. The maximum absolute atomic E-state index is 12.3. The SMILES string of the molecule is CCNC(=NCCCn1nc2n(c1=O)CCCC2)NCCCOCc1ccco1. The molecule has 2 aromatic heterocycles. The van der Waals surface area contributed by atoms with Crippen LogP contribution in [0, 0.1) is 0 Å². The number of ether oxygens (including phenoxy) is 1. The van der Waals surface area contributed by atoms with Gasteiger partial charge in [0.25, 0.3) is 0 Å². The van der Waals surface area contributed by atoms with Crippen LogP contribution in [0.2, 0.25) is 0 Å². The number of guanidine groups is 1. The summed E-state index contributed by atoms with van der Waals surface area (Å²) in [5, 5.41) is 11.0. The lowest BCUT2D eigenvalue weighted by Gasteiger charge is -2.11. The number of aromatic nitrogens is 3. The smallest absolute Gasteiger partial charge is 0.345 e. The molecule has 0 saturated carbocycles. The quantitative estimate of drug-likeness (QED) is 0.335. The van der Waals surface area contributed by atoms with Crippen LogP contribution in [0.5, 0.6) is 0 Å². The van der Waals surface area contributed by atoms with Gasteiger partial charge in [0.2, 0.25) is 0 Å². The van der Waals surface area contributed by atoms with Gasteiger partial charge in [-0.1, -0.05) is 0 Å². The predicted molar refractivity (Wildman–Crippen MR) is 111 cm³/mol. The summed E-state index contributed by atoms with van der Waals surface area (Å²) in [4.78, 5) is 16.9. The predicted octanol–water partition coefficient (Wildman–Crippen LogP) is 1.53. The number of hydrogen-bond donors (Lipinski definition) is 2. The Balaban J connectivity index is 1.34. The molecule has 0 saturated heterocycles. The summed E-state index contributed by atoms with van der Waals surface area (Å²) >= 11 is 0. The maximum atomic E-state index is 12.3. The van der Waals surface area contributed by atoms with Gasteiger partial charge in [-0.25, -0.2) is 9.48 Å². The number of aryl methyl sites for hydroxylation is 2. The summed E-state index contributed by atoms with van der Waals surface area (Å²) < 4.78 is 14.2. The van der Waals surface area contributed by atoms with Gasteiger partial charge in [-0.05, 0) is 44.7 Å². The van der Waals surface area contributed by atoms with Crippen molar-refractivity contribution >= 4 is 5.96 Å². The summed E-state index contributed by atoms with van der Waals surface area (Å²) in [6, 6.07) is 3.76. The Morgan fingerprint density at radius 2 is 2.28 bits per heavy atom. The average molecular weight is 405 g/mol. The standard InChI is InChI=1S/C20H32N6O3/c1-2-21-19(23-11-7-14-28-16-17-8-5-15-29-17)22-10-6-13-26-20(27)25-12-4-3-9-18(25)24-26/h5,8,15H,2-4,6-7,9-14,16H2,1H3,(H2,21,22,23). The average Bonchev–Trinajstić information content (AvgIpc) is 3.36. The highest BCUT2D eigenvalue weighted by Gasteiger charge is 2.16. The van der Waals surface area contributed by atoms with Crippen LogP contribution in [0.15, 0.2) is 32.6 Å². The molecule has 1 aliphatic rings. The number of rotatable bonds is 11. The summed E-state index contributed by atoms with van der Waals surface area (Å²) in [5.41, 5.74) is 0.0169. The first-order valence-corrected chi connectivity index (χ1v) is 10.6. The Kier molecular flexibility index (Phi) is 8.36. The molecule has 0 atom stereocenters. The van der Waals surface area contributed by atoms with E-state index < -0.39 is 0 Å². The number of fused-ring (bicyclic) bond motifs is 1. The van der Waals surface area contributed by atoms with Crippen molar-refractivity contribution in [1.82, 2.24) is 25.0 Å². The molecule has 3 rings (SSSR count). The molecule has 9 nitrogen and oxygen atoms in total. The van der Waals surface area contributed by atoms with Crippen LogP contribution in [-0.4, -0.2) is 46.5 Å². The van der Waals surface area contributed by atoms with Crippen molar-refractivity contribution in [2.24, 2.45) is 4.99 Å². The van der Waals surface area contributed by atoms with E-state index in [2.05, 4.69) is 20.7 Å². The normalized spacial score (nSPS) is 14.0. The van der Waals surface area contributed by atoms with Crippen molar-refractivity contribution in [2.45, 2.75) is 58.7 Å². The van der Waals surface area contributed by atoms with Crippen LogP contribution in [0.25, 0.3) is 0 Å². The molecule has 0 aromatic carbocycles. The summed E-state index contributed by atoms with van der Waals surface area (Å²) in [5.74, 6) is 2.55. The molecular weight excluding hydrogens is 372 g/mol. The van der Waals surface area contributed by atoms with Crippen LogP contribution in [0.4, 0.5) is 0 Å². The van der Waals surface area contributed by atoms with E-state index in [1.165, 1.54) is 0 Å². The number of furan rings is 1. The van der Waals surface area contributed by atoms with Gasteiger partial charge in [0.05, 0.1) is 6.26 Å². The Bertz CT molecular complexity index is 809. The number of hydrogen-bond acceptors (Lipinski definition) is 5. The first kappa shape index (κ1) is 21.2. The molecule has 3 heterocycles. The first-order valence-electron chi connectivity index (χ1n) is 10.6. The van der Waals surface area contributed by atoms with Crippen molar-refractivity contribution in [3.8, 4) is 0 Å². The molecule has 0 amide bonds. The zero-order valence-electron chi connectivity index (χ0n) is 17.2. The molecule has 0 bridgehead atoms. The second kappa shape index (κ2) is 11.5. The third-order valence-electron chi connectivity index (χ3n) is 4.76. The van der Waals surface area contributed by atoms with Crippen molar-refractivity contribution < 1.29 is 9.15 Å². The number of nitrogens with one attached hydrogen (secondary N) is 2. The largest absolute Gasteiger partial charge is 0.467 e. The van der Waals surface area contributed by atoms with E-state index in [1.807, 2.05) is 23.6 Å². The lowest BCUT2D eigenvalue weighted by molar-refractivity contribution is 0.105. The molecular formula is C20H32N6O3. The van der Waals surface area contributed by atoms with Crippen LogP contribution >= 0.6 is 0 Å². The van der Waals surface area contributed by atoms with Gasteiger partial charge >= 0.3 is 5.69 Å². The Hall–Kier alpha value is -2.55. The minimum absolute atomic E-state index is 0.0169. The fraction of sp³-hybridized carbons (Fsp3) is 0.650. The van der Waals surface area contributed by atoms with E-state index in [0.29, 0.717) is 26.3 Å². The summed E-state index contributed by atoms with van der Waals surface area (Å²) in [6.45, 7) is 6.80. The zero-order chi connectivity index (χ0) is 20.3. The molecule has 0 spiro atoms. The highest BCUT2D eigenvalue weighted by molar-refractivity contribution is 5.79. The second-order valence-electron chi connectivity index (χ2n) is 7.06. The van der Waals surface area contributed by atoms with Crippen LogP contribution in [-0.2, 0) is 30.9 Å². The highest BCUT2D eigenvalue weighted by atomic mass is 16.5. The lowest BCUT2D eigenvalue weighted by Crippen LogP contribution is -2.38. The van der Waals surface area contributed by atoms with Crippen molar-refractivity contribution in [2.75, 3.05) is 26.2 Å². The third kappa shape index (κ3) is 6.49. The van der Waals surface area contributed by atoms with Gasteiger partial charge in [0.15, 0.2) is 5.96 Å². The zero-order valence-corrected chi connectivity index (χ0v) is 17.2. The van der Waals surface area contributed by atoms with E-state index in [-0.39, 0.29) is 5.69 Å². The highest BCUT2D eigenvalue weighted by Crippen LogP contribution is 2.09. The first-order chi connectivity index (χ1) is 14.3. The Labute approximate surface area is 171 Å². The molecule has 2 N–H and O–H groups in total. The van der Waals surface area contributed by atoms with Crippen molar-refractivity contribution in [3.63, 3.8) is 0 Å². The van der Waals surface area contributed by atoms with E-state index in [9.17, 15) is 4.79 Å². The molecule has 2 aromatic rings. The molecule has 1 aliphatic heterocycles. The lowest BCUT2D eigenvalue weighted by atomic mass is 10.2. The van der Waals surface area contributed by atoms with E-state index in [4.69, 9.17) is 9.15 Å². The fourth-order valence-corrected chi connectivity index (χ4v) is 3.30. The molecule has 0 aliphatic carbocycles. The van der Waals surface area contributed by atoms with E-state index >= 15 is 0 Å². The molecule has 0 fully saturated rings. The summed E-state index contributed by atoms with van der Waals surface area (Å²) in [6.07, 6.45) is 6.39. The molecule has 0 radical (unpaired) electrons. The topological polar surface area (TPSA) is 98.6 Å². The number of aliphatic imine (C=N–C) groups is 1. The molecule has 0 unspecified atom stereocenters. The van der Waals surface area contributed by atoms with Gasteiger partial charge in [0, 0.05) is 45.8 Å². The van der Waals surface area contributed by atoms with Gasteiger partial charge in [-0.3, -0.25) is 9.56 Å². The minimum atomic E-state index is 0.0169. The van der Waals surface area contributed by atoms with Gasteiger partial charge in [-0.2, -0.15) is 5.10 Å². The van der Waals surface area contributed by atoms with Crippen molar-refractivity contribution in [1.29, 1.82) is 0 Å². The molecule has 29 heavy (non-hydrogen) atoms. The van der Waals surface area contributed by atoms with Crippen LogP contribution < -0.4 is 16.3 Å². The minimum Gasteiger partial charge on any atom is -0.467 e. The second-order valence-corrected chi connectivity index (χ2v) is 7.06.